The summed E-state index contributed by atoms with van der Waals surface area (Å²) < 4.78 is 5.17. The van der Waals surface area contributed by atoms with E-state index < -0.39 is 0 Å². The molecule has 0 bridgehead atoms. The first kappa shape index (κ1) is 22.2. The van der Waals surface area contributed by atoms with Crippen LogP contribution in [0.2, 0.25) is 0 Å². The first-order valence-electron chi connectivity index (χ1n) is 11.1. The van der Waals surface area contributed by atoms with Gasteiger partial charge in [0.25, 0.3) is 5.91 Å². The van der Waals surface area contributed by atoms with E-state index in [0.717, 1.165) is 34.7 Å². The molecule has 32 heavy (non-hydrogen) atoms. The van der Waals surface area contributed by atoms with Gasteiger partial charge in [-0.2, -0.15) is 0 Å². The van der Waals surface area contributed by atoms with Crippen molar-refractivity contribution in [2.75, 3.05) is 40.9 Å². The van der Waals surface area contributed by atoms with E-state index in [9.17, 15) is 9.90 Å². The van der Waals surface area contributed by atoms with E-state index in [-0.39, 0.29) is 18.4 Å². The number of likely N-dealkylation sites (N-methyl/N-ethyl adjacent to an activating group) is 1. The summed E-state index contributed by atoms with van der Waals surface area (Å²) in [6.07, 6.45) is 3.72. The molecular weight excluding hydrogens is 402 g/mol. The summed E-state index contributed by atoms with van der Waals surface area (Å²) in [5.74, 6) is 0.727. The number of carbonyl (C=O) groups excluding carboxylic acids is 1. The van der Waals surface area contributed by atoms with Crippen molar-refractivity contribution in [2.45, 2.75) is 18.9 Å². The number of benzene rings is 2. The average Bonchev–Trinajstić information content (AvgIpc) is 3.06. The van der Waals surface area contributed by atoms with Crippen LogP contribution in [0.15, 0.2) is 54.7 Å². The van der Waals surface area contributed by atoms with Crippen LogP contribution in [0.5, 0.6) is 5.88 Å². The molecule has 2 aromatic carbocycles. The van der Waals surface area contributed by atoms with Crippen molar-refractivity contribution in [3.05, 3.63) is 60.3 Å². The highest BCUT2D eigenvalue weighted by atomic mass is 16.5. The van der Waals surface area contributed by atoms with Crippen LogP contribution in [0.4, 0.5) is 0 Å². The number of fused-ring (bicyclic) bond motifs is 1. The lowest BCUT2D eigenvalue weighted by molar-refractivity contribution is 0.0689. The molecule has 2 atom stereocenters. The van der Waals surface area contributed by atoms with Crippen LogP contribution in [-0.4, -0.2) is 72.7 Å². The third kappa shape index (κ3) is 4.61. The number of likely N-dealkylation sites (tertiary alicyclic amines) is 1. The zero-order valence-corrected chi connectivity index (χ0v) is 19.0. The van der Waals surface area contributed by atoms with Gasteiger partial charge >= 0.3 is 0 Å². The summed E-state index contributed by atoms with van der Waals surface area (Å²) in [6.45, 7) is 1.38. The monoisotopic (exact) mass is 433 g/mol. The van der Waals surface area contributed by atoms with Crippen molar-refractivity contribution < 1.29 is 14.6 Å². The summed E-state index contributed by atoms with van der Waals surface area (Å²) in [7, 11) is 5.71. The van der Waals surface area contributed by atoms with Crippen LogP contribution in [0.1, 0.15) is 23.2 Å². The Kier molecular flexibility index (Phi) is 6.72. The minimum absolute atomic E-state index is 0.0237. The molecule has 1 saturated heterocycles. The van der Waals surface area contributed by atoms with E-state index in [0.29, 0.717) is 30.6 Å². The van der Waals surface area contributed by atoms with Gasteiger partial charge in [0.15, 0.2) is 0 Å². The number of aromatic nitrogens is 1. The third-order valence-electron chi connectivity index (χ3n) is 6.48. The fraction of sp³-hybridized carbons (Fsp3) is 0.385. The maximum Gasteiger partial charge on any atom is 0.253 e. The quantitative estimate of drug-likeness (QED) is 0.665. The van der Waals surface area contributed by atoms with Gasteiger partial charge < -0.3 is 19.6 Å². The third-order valence-corrected chi connectivity index (χ3v) is 6.48. The summed E-state index contributed by atoms with van der Waals surface area (Å²) in [5, 5.41) is 11.9. The topological polar surface area (TPSA) is 65.9 Å². The van der Waals surface area contributed by atoms with Gasteiger partial charge in [0.1, 0.15) is 0 Å². The largest absolute Gasteiger partial charge is 0.481 e. The maximum atomic E-state index is 13.5. The van der Waals surface area contributed by atoms with Crippen LogP contribution < -0.4 is 4.74 Å². The fourth-order valence-corrected chi connectivity index (χ4v) is 4.50. The van der Waals surface area contributed by atoms with Gasteiger partial charge in [-0.3, -0.25) is 4.79 Å². The normalized spacial score (nSPS) is 19.2. The molecule has 4 rings (SSSR count). The summed E-state index contributed by atoms with van der Waals surface area (Å²) in [6, 6.07) is 16.2. The Labute approximate surface area is 189 Å². The number of rotatable bonds is 5. The van der Waals surface area contributed by atoms with Crippen molar-refractivity contribution >= 4 is 16.7 Å². The van der Waals surface area contributed by atoms with Crippen LogP contribution in [0.25, 0.3) is 21.9 Å². The first-order valence-corrected chi connectivity index (χ1v) is 11.1. The minimum Gasteiger partial charge on any atom is -0.481 e. The Morgan fingerprint density at radius 2 is 2.00 bits per heavy atom. The number of carbonyl (C=O) groups is 1. The van der Waals surface area contributed by atoms with Gasteiger partial charge in [0.2, 0.25) is 5.88 Å². The summed E-state index contributed by atoms with van der Waals surface area (Å²) in [5.41, 5.74) is 2.75. The van der Waals surface area contributed by atoms with Crippen LogP contribution >= 0.6 is 0 Å². The second kappa shape index (κ2) is 9.67. The molecule has 168 valence electrons. The van der Waals surface area contributed by atoms with Crippen LogP contribution in [-0.2, 0) is 0 Å². The lowest BCUT2D eigenvalue weighted by Gasteiger charge is -2.29. The number of ether oxygens (including phenoxy) is 1. The van der Waals surface area contributed by atoms with E-state index in [4.69, 9.17) is 4.74 Å². The number of aliphatic hydroxyl groups is 1. The molecule has 1 fully saturated rings. The summed E-state index contributed by atoms with van der Waals surface area (Å²) >= 11 is 0. The SMILES string of the molecule is COc1ccc(-c2cccc3cc(C(=O)N4C[C@@H](CO)CC[C@@H](N(C)C)C4)ccc23)cn1. The minimum atomic E-state index is 0.0237. The Morgan fingerprint density at radius 3 is 2.69 bits per heavy atom. The van der Waals surface area contributed by atoms with Crippen LogP contribution in [0.3, 0.4) is 0 Å². The molecule has 1 N–H and O–H groups in total. The highest BCUT2D eigenvalue weighted by Crippen LogP contribution is 2.30. The van der Waals surface area contributed by atoms with Crippen molar-refractivity contribution in [1.29, 1.82) is 0 Å². The van der Waals surface area contributed by atoms with Gasteiger partial charge in [0, 0.05) is 49.1 Å². The number of methoxy groups -OCH3 is 1. The van der Waals surface area contributed by atoms with Crippen molar-refractivity contribution in [1.82, 2.24) is 14.8 Å². The second-order valence-electron chi connectivity index (χ2n) is 8.78. The average molecular weight is 434 g/mol. The number of amides is 1. The van der Waals surface area contributed by atoms with E-state index in [1.165, 1.54) is 0 Å². The number of nitrogens with zero attached hydrogens (tertiary/aromatic N) is 3. The lowest BCUT2D eigenvalue weighted by Crippen LogP contribution is -2.42. The highest BCUT2D eigenvalue weighted by molar-refractivity contribution is 6.02. The highest BCUT2D eigenvalue weighted by Gasteiger charge is 2.28. The smallest absolute Gasteiger partial charge is 0.253 e. The molecule has 6 heteroatoms. The number of hydrogen-bond acceptors (Lipinski definition) is 5. The van der Waals surface area contributed by atoms with Crippen molar-refractivity contribution in [3.63, 3.8) is 0 Å². The van der Waals surface area contributed by atoms with Gasteiger partial charge in [0.05, 0.1) is 7.11 Å². The number of aliphatic hydroxyl groups excluding tert-OH is 1. The van der Waals surface area contributed by atoms with E-state index in [1.807, 2.05) is 47.4 Å². The molecule has 0 unspecified atom stereocenters. The maximum absolute atomic E-state index is 13.5. The molecular formula is C26H31N3O3. The Bertz CT molecular complexity index is 1080. The molecule has 1 aliphatic heterocycles. The summed E-state index contributed by atoms with van der Waals surface area (Å²) in [4.78, 5) is 21.9. The molecule has 1 amide bonds. The molecule has 2 heterocycles. The fourth-order valence-electron chi connectivity index (χ4n) is 4.50. The Hall–Kier alpha value is -2.96. The van der Waals surface area contributed by atoms with E-state index >= 15 is 0 Å². The van der Waals surface area contributed by atoms with E-state index in [2.05, 4.69) is 30.0 Å². The predicted octanol–water partition coefficient (Wildman–Crippen LogP) is 3.69. The van der Waals surface area contributed by atoms with E-state index in [1.54, 1.807) is 13.3 Å². The van der Waals surface area contributed by atoms with Gasteiger partial charge in [-0.25, -0.2) is 4.98 Å². The molecule has 0 radical (unpaired) electrons. The zero-order chi connectivity index (χ0) is 22.7. The zero-order valence-electron chi connectivity index (χ0n) is 19.0. The number of pyridine rings is 1. The van der Waals surface area contributed by atoms with Gasteiger partial charge in [-0.15, -0.1) is 0 Å². The molecule has 1 aliphatic rings. The molecule has 0 saturated carbocycles. The molecule has 0 aliphatic carbocycles. The van der Waals surface area contributed by atoms with Crippen molar-refractivity contribution in [2.24, 2.45) is 5.92 Å². The Balaban J connectivity index is 1.65. The Morgan fingerprint density at radius 1 is 1.16 bits per heavy atom. The molecule has 6 nitrogen and oxygen atoms in total. The van der Waals surface area contributed by atoms with Gasteiger partial charge in [-0.1, -0.05) is 24.3 Å². The molecule has 0 spiro atoms. The standard InChI is InChI=1S/C26H31N3O3/c1-28(2)22-10-7-18(17-30)15-29(16-22)26(31)20-8-11-24-19(13-20)5-4-6-23(24)21-9-12-25(32-3)27-14-21/h4-6,8-9,11-14,18,22,30H,7,10,15-17H2,1-3H3/t18-,22+/m0/s1. The first-order chi connectivity index (χ1) is 15.5. The predicted molar refractivity (Wildman–Crippen MR) is 127 cm³/mol. The van der Waals surface area contributed by atoms with Crippen molar-refractivity contribution in [3.8, 4) is 17.0 Å². The molecule has 1 aromatic heterocycles. The number of hydrogen-bond donors (Lipinski definition) is 1. The van der Waals surface area contributed by atoms with Crippen LogP contribution in [0, 0.1) is 5.92 Å². The lowest BCUT2D eigenvalue weighted by atomic mass is 9.97. The molecule has 3 aromatic rings. The second-order valence-corrected chi connectivity index (χ2v) is 8.78. The van der Waals surface area contributed by atoms with Gasteiger partial charge in [-0.05, 0) is 67.4 Å².